The average Bonchev–Trinajstić information content (AvgIpc) is 3.68. The van der Waals surface area contributed by atoms with Gasteiger partial charge >= 0.3 is 0 Å². The second kappa shape index (κ2) is 15.4. The van der Waals surface area contributed by atoms with Crippen molar-refractivity contribution in [1.82, 2.24) is 20.1 Å². The van der Waals surface area contributed by atoms with Crippen LogP contribution in [0.3, 0.4) is 0 Å². The topological polar surface area (TPSA) is 163 Å². The van der Waals surface area contributed by atoms with Crippen LogP contribution in [0, 0.1) is 39.8 Å². The molecule has 3 amide bonds. The number of carbonyl (C=O) groups is 3. The molecule has 4 aromatic rings. The standard InChI is InChI=1S/C47H45ClFN7O6/c1-46(2)44(47(3,4)45(46)62-30-13-8-27(24-50)34(48)21-30)55-25-36-31(41(55)59)14-10-28(51-36)9-5-26-6-11-29(12-7-26)53-17-19-54(20-18-53)38-23-33-32(22-35(38)49)42(60)56(43(33)61)37-15-16-39(57)52-40(37)58/h6-8,10-14,21-23,37,42-45,60-61H,15-20,25H2,1-4H3,(H,52,57,58)/t37?,42?,43?,44-,45-. The normalized spacial score (nSPS) is 25.0. The van der Waals surface area contributed by atoms with Crippen molar-refractivity contribution >= 4 is 40.7 Å². The molecule has 3 atom stereocenters. The minimum atomic E-state index is -1.39. The average molecular weight is 858 g/mol. The monoisotopic (exact) mass is 857 g/mol. The Morgan fingerprint density at radius 3 is 2.23 bits per heavy atom. The number of aromatic nitrogens is 1. The molecule has 5 heterocycles. The maximum absolute atomic E-state index is 15.6. The molecule has 0 spiro atoms. The number of nitrogens with zero attached hydrogens (tertiary/aromatic N) is 6. The molecule has 13 nitrogen and oxygen atoms in total. The van der Waals surface area contributed by atoms with Crippen LogP contribution in [0.4, 0.5) is 15.8 Å². The van der Waals surface area contributed by atoms with Crippen LogP contribution in [0.1, 0.15) is 97.0 Å². The summed E-state index contributed by atoms with van der Waals surface area (Å²) >= 11 is 6.28. The molecule has 1 aromatic heterocycles. The van der Waals surface area contributed by atoms with E-state index in [0.717, 1.165) is 11.3 Å². The number of amides is 3. The highest BCUT2D eigenvalue weighted by Crippen LogP contribution is 2.59. The Labute approximate surface area is 363 Å². The summed E-state index contributed by atoms with van der Waals surface area (Å²) in [5.74, 6) is 5.35. The van der Waals surface area contributed by atoms with Gasteiger partial charge in [-0.05, 0) is 73.0 Å². The van der Waals surface area contributed by atoms with Gasteiger partial charge in [0, 0.05) is 77.9 Å². The fourth-order valence-corrected chi connectivity index (χ4v) is 10.8. The Balaban J connectivity index is 0.818. The summed E-state index contributed by atoms with van der Waals surface area (Å²) in [5, 5.41) is 34.0. The van der Waals surface area contributed by atoms with E-state index in [2.05, 4.69) is 55.8 Å². The van der Waals surface area contributed by atoms with Crippen molar-refractivity contribution < 1.29 is 33.7 Å². The minimum absolute atomic E-state index is 0.0659. The van der Waals surface area contributed by atoms with E-state index in [1.807, 2.05) is 34.1 Å². The van der Waals surface area contributed by atoms with E-state index >= 15 is 4.39 Å². The molecule has 3 N–H and O–H groups in total. The zero-order valence-corrected chi connectivity index (χ0v) is 35.4. The first-order valence-corrected chi connectivity index (χ1v) is 21.0. The molecule has 0 radical (unpaired) electrons. The Morgan fingerprint density at radius 2 is 1.56 bits per heavy atom. The number of fused-ring (bicyclic) bond motifs is 2. The van der Waals surface area contributed by atoms with E-state index in [9.17, 15) is 29.9 Å². The number of nitriles is 1. The van der Waals surface area contributed by atoms with Gasteiger partial charge in [-0.1, -0.05) is 45.2 Å². The maximum Gasteiger partial charge on any atom is 0.256 e. The Morgan fingerprint density at radius 1 is 0.887 bits per heavy atom. The van der Waals surface area contributed by atoms with Crippen molar-refractivity contribution in [2.75, 3.05) is 36.0 Å². The van der Waals surface area contributed by atoms with Gasteiger partial charge in [0.05, 0.1) is 40.1 Å². The third-order valence-corrected chi connectivity index (χ3v) is 13.5. The van der Waals surface area contributed by atoms with Crippen LogP contribution in [0.15, 0.2) is 66.7 Å². The molecule has 1 saturated carbocycles. The van der Waals surface area contributed by atoms with E-state index in [1.165, 1.54) is 11.0 Å². The maximum atomic E-state index is 15.6. The molecule has 62 heavy (non-hydrogen) atoms. The molecule has 318 valence electrons. The highest BCUT2D eigenvalue weighted by Gasteiger charge is 2.67. The smallest absolute Gasteiger partial charge is 0.256 e. The second-order valence-electron chi connectivity index (χ2n) is 17.8. The molecule has 5 aliphatic rings. The molecule has 4 aliphatic heterocycles. The number of carbonyl (C=O) groups excluding carboxylic acids is 3. The first-order valence-electron chi connectivity index (χ1n) is 20.7. The van der Waals surface area contributed by atoms with Crippen molar-refractivity contribution in [3.8, 4) is 23.7 Å². The first-order chi connectivity index (χ1) is 29.6. The van der Waals surface area contributed by atoms with E-state index in [0.29, 0.717) is 77.3 Å². The van der Waals surface area contributed by atoms with Crippen molar-refractivity contribution in [1.29, 1.82) is 5.26 Å². The lowest BCUT2D eigenvalue weighted by Crippen LogP contribution is -2.74. The quantitative estimate of drug-likeness (QED) is 0.168. The molecule has 3 aromatic carbocycles. The summed E-state index contributed by atoms with van der Waals surface area (Å²) < 4.78 is 22.0. The van der Waals surface area contributed by atoms with Crippen LogP contribution in [0.5, 0.6) is 5.75 Å². The van der Waals surface area contributed by atoms with Crippen molar-refractivity contribution in [2.45, 2.75) is 77.7 Å². The Bertz CT molecular complexity index is 2610. The molecule has 15 heteroatoms. The highest BCUT2D eigenvalue weighted by atomic mass is 35.5. The van der Waals surface area contributed by atoms with Gasteiger partial charge < -0.3 is 29.6 Å². The van der Waals surface area contributed by atoms with Crippen LogP contribution in [-0.2, 0) is 16.1 Å². The summed E-state index contributed by atoms with van der Waals surface area (Å²) in [6.45, 7) is 11.0. The van der Waals surface area contributed by atoms with E-state index in [4.69, 9.17) is 21.3 Å². The van der Waals surface area contributed by atoms with Gasteiger partial charge in [0.25, 0.3) is 5.91 Å². The largest absolute Gasteiger partial charge is 0.489 e. The van der Waals surface area contributed by atoms with Gasteiger partial charge in [-0.15, -0.1) is 0 Å². The third-order valence-electron chi connectivity index (χ3n) is 13.2. The number of pyridine rings is 1. The van der Waals surface area contributed by atoms with E-state index in [-0.39, 0.29) is 36.5 Å². The number of hydrogen-bond acceptors (Lipinski definition) is 11. The van der Waals surface area contributed by atoms with E-state index in [1.54, 1.807) is 36.4 Å². The van der Waals surface area contributed by atoms with Crippen LogP contribution >= 0.6 is 11.6 Å². The number of rotatable bonds is 6. The van der Waals surface area contributed by atoms with Gasteiger partial charge in [-0.25, -0.2) is 14.3 Å². The van der Waals surface area contributed by atoms with Gasteiger partial charge in [-0.2, -0.15) is 5.26 Å². The van der Waals surface area contributed by atoms with Crippen LogP contribution in [0.25, 0.3) is 0 Å². The van der Waals surface area contributed by atoms with Crippen LogP contribution < -0.4 is 19.9 Å². The van der Waals surface area contributed by atoms with Crippen molar-refractivity contribution in [3.63, 3.8) is 0 Å². The van der Waals surface area contributed by atoms with Crippen LogP contribution in [-0.4, -0.2) is 87.1 Å². The molecule has 3 fully saturated rings. The number of piperidine rings is 1. The zero-order valence-electron chi connectivity index (χ0n) is 34.7. The minimum Gasteiger partial charge on any atom is -0.489 e. The number of imide groups is 1. The molecule has 9 rings (SSSR count). The lowest BCUT2D eigenvalue weighted by molar-refractivity contribution is -0.199. The van der Waals surface area contributed by atoms with Crippen molar-refractivity contribution in [3.05, 3.63) is 117 Å². The van der Waals surface area contributed by atoms with Gasteiger partial charge in [-0.3, -0.25) is 19.7 Å². The zero-order chi connectivity index (χ0) is 43.8. The van der Waals surface area contributed by atoms with Gasteiger partial charge in [0.15, 0.2) is 0 Å². The number of ether oxygens (including phenoxy) is 1. The highest BCUT2D eigenvalue weighted by molar-refractivity contribution is 6.31. The van der Waals surface area contributed by atoms with Crippen LogP contribution in [0.2, 0.25) is 5.02 Å². The number of aliphatic hydroxyl groups excluding tert-OH is 2. The lowest BCUT2D eigenvalue weighted by atomic mass is 9.49. The Hall–Kier alpha value is -6.03. The predicted molar refractivity (Wildman–Crippen MR) is 227 cm³/mol. The summed E-state index contributed by atoms with van der Waals surface area (Å²) in [6, 6.07) is 20.3. The molecular weight excluding hydrogens is 813 g/mol. The van der Waals surface area contributed by atoms with Gasteiger partial charge in [0.2, 0.25) is 11.8 Å². The fourth-order valence-electron chi connectivity index (χ4n) is 10.6. The van der Waals surface area contributed by atoms with Crippen molar-refractivity contribution in [2.24, 2.45) is 10.8 Å². The molecule has 3 unspecified atom stereocenters. The first kappa shape index (κ1) is 41.3. The molecule has 2 saturated heterocycles. The van der Waals surface area contributed by atoms with Gasteiger partial charge in [0.1, 0.15) is 41.9 Å². The SMILES string of the molecule is CC1(C)[C@H](Oc2ccc(C#N)c(Cl)c2)C(C)(C)[C@H]1N1Cc2nc(C#Cc3ccc(N4CCN(c5cc6c(cc5F)C(O)N(C5CCC(=O)NC5=O)C6O)CC4)cc3)ccc2C1=O. The predicted octanol–water partition coefficient (Wildman–Crippen LogP) is 5.41. The summed E-state index contributed by atoms with van der Waals surface area (Å²) in [6.07, 6.45) is -2.73. The number of piperazine rings is 1. The molecule has 0 bridgehead atoms. The summed E-state index contributed by atoms with van der Waals surface area (Å²) in [7, 11) is 0. The number of halogens is 2. The summed E-state index contributed by atoms with van der Waals surface area (Å²) in [5.41, 5.74) is 4.04. The number of benzene rings is 3. The van der Waals surface area contributed by atoms with E-state index < -0.39 is 47.0 Å². The number of anilines is 2. The second-order valence-corrected chi connectivity index (χ2v) is 18.2. The number of nitrogens with one attached hydrogen (secondary N) is 1. The fraction of sp³-hybridized carbons (Fsp3) is 0.383. The third kappa shape index (κ3) is 6.92. The Kier molecular flexibility index (Phi) is 10.3. The number of hydrogen-bond donors (Lipinski definition) is 3. The molecular formula is C47H45ClFN7O6. The number of aliphatic hydroxyl groups is 2. The summed E-state index contributed by atoms with van der Waals surface area (Å²) in [4.78, 5) is 50.0. The lowest BCUT2D eigenvalue weighted by Gasteiger charge is -2.65. The molecule has 1 aliphatic carbocycles.